The second kappa shape index (κ2) is 13.0. The zero-order valence-electron chi connectivity index (χ0n) is 18.3. The Labute approximate surface area is 191 Å². The quantitative estimate of drug-likeness (QED) is 0.326. The molecule has 0 aliphatic rings. The van der Waals surface area contributed by atoms with Crippen LogP contribution in [0.3, 0.4) is 0 Å². The van der Waals surface area contributed by atoms with E-state index >= 15 is 0 Å². The van der Waals surface area contributed by atoms with Gasteiger partial charge in [-0.2, -0.15) is 0 Å². The van der Waals surface area contributed by atoms with E-state index in [9.17, 15) is 19.5 Å². The highest BCUT2D eigenvalue weighted by Crippen LogP contribution is 2.14. The monoisotopic (exact) mass is 455 g/mol. The summed E-state index contributed by atoms with van der Waals surface area (Å²) in [6.07, 6.45) is 1.19. The lowest BCUT2D eigenvalue weighted by atomic mass is 10.0. The number of azo groups is 1. The van der Waals surface area contributed by atoms with E-state index in [1.54, 1.807) is 48.5 Å². The Morgan fingerprint density at radius 3 is 2.24 bits per heavy atom. The Morgan fingerprint density at radius 1 is 1.00 bits per heavy atom. The highest BCUT2D eigenvalue weighted by Gasteiger charge is 2.30. The molecule has 2 aromatic rings. The molecule has 2 aromatic carbocycles. The standard InChI is InChI=1S/C23H29N5O5/c1-2-6-18(24)20(22(31)32)26-21(30)19(13-15-7-4-3-5-8-15)25-23(33)28-27-17-11-9-16(14-29)10-12-17/h3-5,7-12,18-20,29H,2,6,13-14,24H2,1H3,(H,25,33)(H,26,30)(H,31,32). The van der Waals surface area contributed by atoms with Gasteiger partial charge in [0.15, 0.2) is 0 Å². The van der Waals surface area contributed by atoms with Crippen molar-refractivity contribution >= 4 is 23.6 Å². The van der Waals surface area contributed by atoms with Gasteiger partial charge in [-0.25, -0.2) is 9.59 Å². The number of carbonyl (C=O) groups excluding carboxylic acids is 2. The lowest BCUT2D eigenvalue weighted by Crippen LogP contribution is -2.57. The molecule has 2 rings (SSSR count). The van der Waals surface area contributed by atoms with Crippen LogP contribution in [0.1, 0.15) is 30.9 Å². The second-order valence-electron chi connectivity index (χ2n) is 7.49. The summed E-state index contributed by atoms with van der Waals surface area (Å²) in [5, 5.41) is 30.9. The van der Waals surface area contributed by atoms with E-state index in [0.717, 1.165) is 5.56 Å². The maximum Gasteiger partial charge on any atom is 0.360 e. The zero-order chi connectivity index (χ0) is 24.2. The van der Waals surface area contributed by atoms with Crippen molar-refractivity contribution in [2.45, 2.75) is 50.9 Å². The smallest absolute Gasteiger partial charge is 0.360 e. The van der Waals surface area contributed by atoms with Gasteiger partial charge in [0.05, 0.1) is 12.3 Å². The lowest BCUT2D eigenvalue weighted by Gasteiger charge is -2.24. The molecule has 0 heterocycles. The number of nitrogens with one attached hydrogen (secondary N) is 2. The van der Waals surface area contributed by atoms with Gasteiger partial charge >= 0.3 is 12.0 Å². The minimum atomic E-state index is -1.29. The number of carboxylic acid groups (broad SMARTS) is 1. The van der Waals surface area contributed by atoms with Crippen molar-refractivity contribution in [3.63, 3.8) is 0 Å². The van der Waals surface area contributed by atoms with E-state index < -0.39 is 36.0 Å². The van der Waals surface area contributed by atoms with Crippen LogP contribution in [-0.2, 0) is 22.6 Å². The lowest BCUT2D eigenvalue weighted by molar-refractivity contribution is -0.142. The molecule has 176 valence electrons. The number of amides is 3. The predicted molar refractivity (Wildman–Crippen MR) is 122 cm³/mol. The van der Waals surface area contributed by atoms with Crippen LogP contribution in [0, 0.1) is 0 Å². The minimum Gasteiger partial charge on any atom is -0.480 e. The number of urea groups is 1. The maximum atomic E-state index is 12.9. The largest absolute Gasteiger partial charge is 0.480 e. The molecule has 3 unspecified atom stereocenters. The normalized spacial score (nSPS) is 13.8. The molecule has 0 saturated carbocycles. The first-order valence-corrected chi connectivity index (χ1v) is 10.6. The van der Waals surface area contributed by atoms with E-state index in [-0.39, 0.29) is 13.0 Å². The fourth-order valence-corrected chi connectivity index (χ4v) is 3.11. The average Bonchev–Trinajstić information content (AvgIpc) is 2.81. The molecule has 0 saturated heterocycles. The van der Waals surface area contributed by atoms with E-state index in [2.05, 4.69) is 20.9 Å². The van der Waals surface area contributed by atoms with Crippen LogP contribution in [-0.4, -0.2) is 46.2 Å². The van der Waals surface area contributed by atoms with Crippen LogP contribution in [0.2, 0.25) is 0 Å². The molecule has 10 heteroatoms. The van der Waals surface area contributed by atoms with Crippen molar-refractivity contribution in [3.8, 4) is 0 Å². The summed E-state index contributed by atoms with van der Waals surface area (Å²) in [5.41, 5.74) is 7.77. The van der Waals surface area contributed by atoms with Crippen LogP contribution >= 0.6 is 0 Å². The SMILES string of the molecule is CCCC(N)C(NC(=O)C(Cc1ccccc1)NC(=O)N=Nc1ccc(CO)cc1)C(=O)O. The Hall–Kier alpha value is -3.63. The number of nitrogens with zero attached hydrogens (tertiary/aromatic N) is 2. The molecule has 0 aromatic heterocycles. The van der Waals surface area contributed by atoms with Crippen LogP contribution in [0.5, 0.6) is 0 Å². The second-order valence-corrected chi connectivity index (χ2v) is 7.49. The molecule has 0 aliphatic heterocycles. The summed E-state index contributed by atoms with van der Waals surface area (Å²) in [5.74, 6) is -1.94. The number of hydrogen-bond acceptors (Lipinski definition) is 6. The molecule has 0 fully saturated rings. The highest BCUT2D eigenvalue weighted by atomic mass is 16.4. The van der Waals surface area contributed by atoms with E-state index in [4.69, 9.17) is 10.8 Å². The number of aliphatic hydroxyl groups is 1. The van der Waals surface area contributed by atoms with E-state index in [0.29, 0.717) is 24.1 Å². The topological polar surface area (TPSA) is 166 Å². The molecular weight excluding hydrogens is 426 g/mol. The Kier molecular flexibility index (Phi) is 10.1. The summed E-state index contributed by atoms with van der Waals surface area (Å²) in [4.78, 5) is 36.9. The van der Waals surface area contributed by atoms with Crippen molar-refractivity contribution in [1.82, 2.24) is 10.6 Å². The summed E-state index contributed by atoms with van der Waals surface area (Å²) in [6.45, 7) is 1.74. The number of nitrogens with two attached hydrogens (primary N) is 1. The van der Waals surface area contributed by atoms with Crippen molar-refractivity contribution in [2.24, 2.45) is 16.0 Å². The molecular formula is C23H29N5O5. The van der Waals surface area contributed by atoms with Crippen molar-refractivity contribution < 1.29 is 24.6 Å². The molecule has 6 N–H and O–H groups in total. The van der Waals surface area contributed by atoms with Gasteiger partial charge in [0.2, 0.25) is 5.91 Å². The number of rotatable bonds is 11. The zero-order valence-corrected chi connectivity index (χ0v) is 18.3. The summed E-state index contributed by atoms with van der Waals surface area (Å²) < 4.78 is 0. The molecule has 0 spiro atoms. The minimum absolute atomic E-state index is 0.118. The first-order valence-electron chi connectivity index (χ1n) is 10.6. The highest BCUT2D eigenvalue weighted by molar-refractivity contribution is 5.90. The number of aliphatic hydroxyl groups excluding tert-OH is 1. The first-order chi connectivity index (χ1) is 15.8. The summed E-state index contributed by atoms with van der Waals surface area (Å²) in [6, 6.07) is 11.4. The predicted octanol–water partition coefficient (Wildman–Crippen LogP) is 2.28. The van der Waals surface area contributed by atoms with Gasteiger partial charge in [0, 0.05) is 12.5 Å². The third kappa shape index (κ3) is 8.43. The Balaban J connectivity index is 2.14. The Morgan fingerprint density at radius 2 is 1.67 bits per heavy atom. The van der Waals surface area contributed by atoms with Crippen LogP contribution in [0.15, 0.2) is 64.8 Å². The molecule has 33 heavy (non-hydrogen) atoms. The van der Waals surface area contributed by atoms with Crippen molar-refractivity contribution in [1.29, 1.82) is 0 Å². The number of benzene rings is 2. The third-order valence-electron chi connectivity index (χ3n) is 4.89. The van der Waals surface area contributed by atoms with Crippen LogP contribution in [0.25, 0.3) is 0 Å². The van der Waals surface area contributed by atoms with Gasteiger partial charge < -0.3 is 26.6 Å². The molecule has 3 atom stereocenters. The fraction of sp³-hybridized carbons (Fsp3) is 0.348. The summed E-state index contributed by atoms with van der Waals surface area (Å²) >= 11 is 0. The molecule has 10 nitrogen and oxygen atoms in total. The van der Waals surface area contributed by atoms with Gasteiger partial charge in [-0.05, 0) is 29.7 Å². The molecule has 0 bridgehead atoms. The molecule has 0 radical (unpaired) electrons. The Bertz CT molecular complexity index is 949. The fourth-order valence-electron chi connectivity index (χ4n) is 3.11. The van der Waals surface area contributed by atoms with Gasteiger partial charge in [-0.1, -0.05) is 60.9 Å². The van der Waals surface area contributed by atoms with Gasteiger partial charge in [0.1, 0.15) is 12.1 Å². The summed E-state index contributed by atoms with van der Waals surface area (Å²) in [7, 11) is 0. The number of carbonyl (C=O) groups is 3. The van der Waals surface area contributed by atoms with Crippen LogP contribution < -0.4 is 16.4 Å². The van der Waals surface area contributed by atoms with Crippen molar-refractivity contribution in [2.75, 3.05) is 0 Å². The van der Waals surface area contributed by atoms with E-state index in [1.165, 1.54) is 0 Å². The van der Waals surface area contributed by atoms with Gasteiger partial charge in [-0.3, -0.25) is 4.79 Å². The third-order valence-corrected chi connectivity index (χ3v) is 4.89. The van der Waals surface area contributed by atoms with Crippen molar-refractivity contribution in [3.05, 3.63) is 65.7 Å². The first kappa shape index (κ1) is 25.6. The number of carboxylic acids is 1. The van der Waals surface area contributed by atoms with E-state index in [1.807, 2.05) is 13.0 Å². The average molecular weight is 456 g/mol. The van der Waals surface area contributed by atoms with Gasteiger partial charge in [0.25, 0.3) is 0 Å². The van der Waals surface area contributed by atoms with Gasteiger partial charge in [-0.15, -0.1) is 5.11 Å². The molecule has 0 aliphatic carbocycles. The number of aliphatic carboxylic acids is 1. The maximum absolute atomic E-state index is 12.9. The van der Waals surface area contributed by atoms with Crippen LogP contribution in [0.4, 0.5) is 10.5 Å². The number of hydrogen-bond donors (Lipinski definition) is 5. The molecule has 3 amide bonds.